The second-order valence-electron chi connectivity index (χ2n) is 6.02. The van der Waals surface area contributed by atoms with Gasteiger partial charge in [-0.15, -0.1) is 10.2 Å². The van der Waals surface area contributed by atoms with Gasteiger partial charge in [-0.05, 0) is 44.2 Å². The lowest BCUT2D eigenvalue weighted by atomic mass is 10.2. The molecule has 1 aromatic heterocycles. The lowest BCUT2D eigenvalue weighted by molar-refractivity contribution is -0.144. The van der Waals surface area contributed by atoms with Gasteiger partial charge in [-0.2, -0.15) is 4.99 Å². The summed E-state index contributed by atoms with van der Waals surface area (Å²) in [5, 5.41) is 19.1. The zero-order valence-electron chi connectivity index (χ0n) is 16.2. The second kappa shape index (κ2) is 9.19. The van der Waals surface area contributed by atoms with Crippen LogP contribution < -0.4 is 4.74 Å². The van der Waals surface area contributed by atoms with Gasteiger partial charge in [0, 0.05) is 12.1 Å². The molecule has 0 spiro atoms. The number of thioether (sulfide) groups is 1. The average Bonchev–Trinajstić information content (AvgIpc) is 3.27. The summed E-state index contributed by atoms with van der Waals surface area (Å²) < 4.78 is 5.52. The van der Waals surface area contributed by atoms with Crippen LogP contribution in [0.5, 0.6) is 5.75 Å². The largest absolute Gasteiger partial charge is 0.479 e. The number of amides is 1. The normalized spacial score (nSPS) is 17.9. The number of aryl methyl sites for hydroxylation is 1. The molecule has 152 valence electrons. The first-order chi connectivity index (χ1) is 13.9. The van der Waals surface area contributed by atoms with Crippen LogP contribution in [0.3, 0.4) is 0 Å². The molecule has 29 heavy (non-hydrogen) atoms. The van der Waals surface area contributed by atoms with Gasteiger partial charge in [0.05, 0.1) is 4.91 Å². The van der Waals surface area contributed by atoms with Gasteiger partial charge in [-0.25, -0.2) is 4.79 Å². The fraction of sp³-hybridized carbons (Fsp3) is 0.316. The predicted molar refractivity (Wildman–Crippen MR) is 114 cm³/mol. The Kier molecular flexibility index (Phi) is 6.65. The molecule has 0 radical (unpaired) electrons. The van der Waals surface area contributed by atoms with Crippen molar-refractivity contribution in [2.24, 2.45) is 4.99 Å². The Morgan fingerprint density at radius 3 is 2.76 bits per heavy atom. The van der Waals surface area contributed by atoms with Crippen LogP contribution in [0.1, 0.15) is 31.3 Å². The highest BCUT2D eigenvalue weighted by atomic mass is 32.2. The Morgan fingerprint density at radius 1 is 1.34 bits per heavy atom. The molecule has 2 heterocycles. The second-order valence-corrected chi connectivity index (χ2v) is 8.07. The molecule has 1 saturated heterocycles. The van der Waals surface area contributed by atoms with E-state index in [0.29, 0.717) is 33.1 Å². The molecule has 8 nitrogen and oxygen atoms in total. The van der Waals surface area contributed by atoms with Crippen LogP contribution in [-0.2, 0) is 16.0 Å². The van der Waals surface area contributed by atoms with Crippen molar-refractivity contribution < 1.29 is 19.4 Å². The monoisotopic (exact) mass is 432 g/mol. The standard InChI is InChI=1S/C19H20N4O4S2/c1-4-15-21-22-18(29-15)20-19-23(5-2)16(24)14(28-19)10-12-8-6-7-9-13(12)27-11(3)17(25)26/h6-11H,4-5H2,1-3H3,(H,25,26)/b14-10+,20-19+. The molecule has 1 aromatic carbocycles. The number of carbonyl (C=O) groups is 2. The van der Waals surface area contributed by atoms with Crippen LogP contribution in [0.15, 0.2) is 34.2 Å². The smallest absolute Gasteiger partial charge is 0.344 e. The number of ether oxygens (including phenoxy) is 1. The minimum atomic E-state index is -1.06. The first kappa shape index (κ1) is 21.0. The van der Waals surface area contributed by atoms with E-state index in [0.717, 1.165) is 11.4 Å². The summed E-state index contributed by atoms with van der Waals surface area (Å²) in [6.45, 7) is 5.79. The van der Waals surface area contributed by atoms with E-state index in [2.05, 4.69) is 15.2 Å². The SMILES string of the molecule is CCc1nnc(/N=C2/S/C(=C/c3ccccc3OC(C)C(=O)O)C(=O)N2CC)s1. The molecule has 1 aliphatic rings. The number of amidine groups is 1. The molecule has 0 saturated carbocycles. The number of nitrogens with zero attached hydrogens (tertiary/aromatic N) is 4. The van der Waals surface area contributed by atoms with E-state index in [1.165, 1.54) is 30.0 Å². The van der Waals surface area contributed by atoms with E-state index in [9.17, 15) is 9.59 Å². The fourth-order valence-electron chi connectivity index (χ4n) is 2.47. The van der Waals surface area contributed by atoms with Crippen molar-refractivity contribution >= 4 is 51.4 Å². The molecular formula is C19H20N4O4S2. The highest BCUT2D eigenvalue weighted by Crippen LogP contribution is 2.36. The maximum absolute atomic E-state index is 12.8. The number of para-hydroxylation sites is 1. The Hall–Kier alpha value is -2.72. The van der Waals surface area contributed by atoms with Gasteiger partial charge in [-0.1, -0.05) is 36.5 Å². The Morgan fingerprint density at radius 2 is 2.10 bits per heavy atom. The molecule has 1 N–H and O–H groups in total. The van der Waals surface area contributed by atoms with Crippen molar-refractivity contribution in [1.29, 1.82) is 0 Å². The zero-order valence-corrected chi connectivity index (χ0v) is 17.8. The number of aliphatic imine (C=N–C) groups is 1. The molecule has 1 fully saturated rings. The van der Waals surface area contributed by atoms with Gasteiger partial charge in [0.15, 0.2) is 11.3 Å². The van der Waals surface area contributed by atoms with Crippen LogP contribution in [0.2, 0.25) is 0 Å². The molecule has 1 aliphatic heterocycles. The first-order valence-corrected chi connectivity index (χ1v) is 10.7. The van der Waals surface area contributed by atoms with Crippen molar-refractivity contribution in [3.8, 4) is 5.75 Å². The van der Waals surface area contributed by atoms with Gasteiger partial charge >= 0.3 is 5.97 Å². The van der Waals surface area contributed by atoms with Crippen molar-refractivity contribution in [2.75, 3.05) is 6.54 Å². The molecule has 3 rings (SSSR count). The summed E-state index contributed by atoms with van der Waals surface area (Å²) in [5.41, 5.74) is 0.623. The van der Waals surface area contributed by atoms with Crippen LogP contribution in [0, 0.1) is 0 Å². The third-order valence-electron chi connectivity index (χ3n) is 4.01. The van der Waals surface area contributed by atoms with E-state index < -0.39 is 12.1 Å². The number of benzene rings is 1. The Bertz CT molecular complexity index is 986. The molecule has 0 aliphatic carbocycles. The summed E-state index contributed by atoms with van der Waals surface area (Å²) in [6, 6.07) is 7.00. The number of hydrogen-bond acceptors (Lipinski definition) is 8. The van der Waals surface area contributed by atoms with Crippen molar-refractivity contribution in [2.45, 2.75) is 33.3 Å². The van der Waals surface area contributed by atoms with Gasteiger partial charge in [0.2, 0.25) is 5.13 Å². The highest BCUT2D eigenvalue weighted by Gasteiger charge is 2.33. The van der Waals surface area contributed by atoms with Crippen molar-refractivity contribution in [3.63, 3.8) is 0 Å². The number of carboxylic acids is 1. The molecule has 10 heteroatoms. The minimum Gasteiger partial charge on any atom is -0.479 e. The lowest BCUT2D eigenvalue weighted by Gasteiger charge is -2.13. The fourth-order valence-corrected chi connectivity index (χ4v) is 4.22. The summed E-state index contributed by atoms with van der Waals surface area (Å²) in [7, 11) is 0. The van der Waals surface area contributed by atoms with Crippen LogP contribution in [0.25, 0.3) is 6.08 Å². The third kappa shape index (κ3) is 4.83. The van der Waals surface area contributed by atoms with Gasteiger partial charge in [0.25, 0.3) is 5.91 Å². The lowest BCUT2D eigenvalue weighted by Crippen LogP contribution is -2.28. The summed E-state index contributed by atoms with van der Waals surface area (Å²) in [5.74, 6) is -0.833. The number of carboxylic acid groups (broad SMARTS) is 1. The van der Waals surface area contributed by atoms with E-state index >= 15 is 0 Å². The number of hydrogen-bond donors (Lipinski definition) is 1. The van der Waals surface area contributed by atoms with Gasteiger partial charge < -0.3 is 9.84 Å². The van der Waals surface area contributed by atoms with Gasteiger partial charge in [0.1, 0.15) is 10.8 Å². The average molecular weight is 433 g/mol. The number of aromatic nitrogens is 2. The number of carbonyl (C=O) groups excluding carboxylic acids is 1. The third-order valence-corrected chi connectivity index (χ3v) is 5.98. The maximum Gasteiger partial charge on any atom is 0.344 e. The first-order valence-electron chi connectivity index (χ1n) is 9.03. The summed E-state index contributed by atoms with van der Waals surface area (Å²) in [4.78, 5) is 30.5. The van der Waals surface area contributed by atoms with Crippen molar-refractivity contribution in [3.05, 3.63) is 39.7 Å². The Balaban J connectivity index is 1.90. The topological polar surface area (TPSA) is 105 Å². The molecule has 1 amide bonds. The van der Waals surface area contributed by atoms with Crippen molar-refractivity contribution in [1.82, 2.24) is 15.1 Å². The minimum absolute atomic E-state index is 0.169. The van der Waals surface area contributed by atoms with Crippen LogP contribution in [-0.4, -0.2) is 49.9 Å². The number of aliphatic carboxylic acids is 1. The molecular weight excluding hydrogens is 412 g/mol. The number of rotatable bonds is 7. The molecule has 1 unspecified atom stereocenters. The van der Waals surface area contributed by atoms with Gasteiger partial charge in [-0.3, -0.25) is 9.69 Å². The predicted octanol–water partition coefficient (Wildman–Crippen LogP) is 3.58. The van der Waals surface area contributed by atoms with E-state index in [1.54, 1.807) is 35.2 Å². The summed E-state index contributed by atoms with van der Waals surface area (Å²) in [6.07, 6.45) is 1.47. The highest BCUT2D eigenvalue weighted by molar-refractivity contribution is 8.18. The van der Waals surface area contributed by atoms with Crippen LogP contribution in [0.4, 0.5) is 5.13 Å². The quantitative estimate of drug-likeness (QED) is 0.667. The van der Waals surface area contributed by atoms with Crippen LogP contribution >= 0.6 is 23.1 Å². The molecule has 0 bridgehead atoms. The van der Waals surface area contributed by atoms with E-state index in [4.69, 9.17) is 9.84 Å². The zero-order chi connectivity index (χ0) is 21.0. The maximum atomic E-state index is 12.8. The molecule has 1 atom stereocenters. The molecule has 2 aromatic rings. The number of likely N-dealkylation sites (N-methyl/N-ethyl adjacent to an activating group) is 1. The summed E-state index contributed by atoms with van der Waals surface area (Å²) >= 11 is 2.64. The Labute approximate surface area is 176 Å². The van der Waals surface area contributed by atoms with E-state index in [-0.39, 0.29) is 5.91 Å². The van der Waals surface area contributed by atoms with E-state index in [1.807, 2.05) is 13.8 Å².